The van der Waals surface area contributed by atoms with E-state index in [0.717, 1.165) is 24.4 Å². The first-order valence-corrected chi connectivity index (χ1v) is 6.72. The Morgan fingerprint density at radius 3 is 3.11 bits per heavy atom. The Morgan fingerprint density at radius 2 is 2.44 bits per heavy atom. The van der Waals surface area contributed by atoms with Crippen molar-refractivity contribution in [3.05, 3.63) is 35.4 Å². The first-order chi connectivity index (χ1) is 8.75. The maximum absolute atomic E-state index is 11.6. The smallest absolute Gasteiger partial charge is 0.220 e. The standard InChI is InChI=1S/C12H16N4OS/c1-10-13-4-6-16(10)5-2-3-12(17)14-7-11-8-15-18-9-11/h4,6,8-9H,2-3,5,7H2,1H3,(H,14,17). The molecule has 2 aromatic rings. The number of carbonyl (C=O) groups is 1. The highest BCUT2D eigenvalue weighted by molar-refractivity contribution is 7.03. The van der Waals surface area contributed by atoms with E-state index in [1.54, 1.807) is 12.4 Å². The van der Waals surface area contributed by atoms with Crippen LogP contribution in [-0.4, -0.2) is 19.8 Å². The molecule has 2 heterocycles. The fourth-order valence-corrected chi connectivity index (χ4v) is 2.19. The lowest BCUT2D eigenvalue weighted by Gasteiger charge is -2.05. The molecule has 6 heteroatoms. The van der Waals surface area contributed by atoms with E-state index in [1.807, 2.05) is 18.5 Å². The van der Waals surface area contributed by atoms with Gasteiger partial charge < -0.3 is 9.88 Å². The molecule has 0 aromatic carbocycles. The zero-order valence-corrected chi connectivity index (χ0v) is 11.1. The molecular formula is C12H16N4OS. The van der Waals surface area contributed by atoms with Gasteiger partial charge in [-0.15, -0.1) is 0 Å². The van der Waals surface area contributed by atoms with Gasteiger partial charge in [0, 0.05) is 49.0 Å². The summed E-state index contributed by atoms with van der Waals surface area (Å²) in [5, 5.41) is 4.82. The number of aryl methyl sites for hydroxylation is 2. The molecule has 0 unspecified atom stereocenters. The Labute approximate surface area is 110 Å². The highest BCUT2D eigenvalue weighted by Crippen LogP contribution is 2.02. The van der Waals surface area contributed by atoms with Crippen molar-refractivity contribution in [1.82, 2.24) is 19.2 Å². The highest BCUT2D eigenvalue weighted by atomic mass is 32.1. The summed E-state index contributed by atoms with van der Waals surface area (Å²) in [4.78, 5) is 15.7. The molecule has 0 saturated heterocycles. The molecule has 96 valence electrons. The van der Waals surface area contributed by atoms with Gasteiger partial charge in [0.1, 0.15) is 5.82 Å². The molecule has 0 aliphatic carbocycles. The lowest BCUT2D eigenvalue weighted by atomic mass is 10.3. The summed E-state index contributed by atoms with van der Waals surface area (Å²) >= 11 is 1.40. The van der Waals surface area contributed by atoms with Crippen molar-refractivity contribution in [3.63, 3.8) is 0 Å². The van der Waals surface area contributed by atoms with Gasteiger partial charge in [0.05, 0.1) is 0 Å². The molecule has 0 aliphatic heterocycles. The van der Waals surface area contributed by atoms with Gasteiger partial charge in [-0.3, -0.25) is 4.79 Å². The van der Waals surface area contributed by atoms with Crippen LogP contribution >= 0.6 is 11.5 Å². The number of imidazole rings is 1. The van der Waals surface area contributed by atoms with Crippen LogP contribution in [0.2, 0.25) is 0 Å². The van der Waals surface area contributed by atoms with E-state index >= 15 is 0 Å². The van der Waals surface area contributed by atoms with Crippen molar-refractivity contribution in [1.29, 1.82) is 0 Å². The maximum atomic E-state index is 11.6. The Bertz CT molecular complexity index is 492. The molecule has 2 rings (SSSR count). The summed E-state index contributed by atoms with van der Waals surface area (Å²) in [7, 11) is 0. The van der Waals surface area contributed by atoms with E-state index in [1.165, 1.54) is 11.5 Å². The van der Waals surface area contributed by atoms with Crippen molar-refractivity contribution in [2.75, 3.05) is 0 Å². The van der Waals surface area contributed by atoms with E-state index in [9.17, 15) is 4.79 Å². The second-order valence-electron chi connectivity index (χ2n) is 4.08. The summed E-state index contributed by atoms with van der Waals surface area (Å²) in [5.74, 6) is 1.07. The van der Waals surface area contributed by atoms with E-state index in [-0.39, 0.29) is 5.91 Å². The van der Waals surface area contributed by atoms with Crippen LogP contribution in [0.25, 0.3) is 0 Å². The summed E-state index contributed by atoms with van der Waals surface area (Å²) in [5.41, 5.74) is 1.05. The van der Waals surface area contributed by atoms with Crippen LogP contribution in [0.4, 0.5) is 0 Å². The third-order valence-corrected chi connectivity index (χ3v) is 3.33. The van der Waals surface area contributed by atoms with Crippen LogP contribution < -0.4 is 5.32 Å². The Morgan fingerprint density at radius 1 is 1.56 bits per heavy atom. The van der Waals surface area contributed by atoms with Gasteiger partial charge in [-0.2, -0.15) is 0 Å². The number of aromatic nitrogens is 3. The molecule has 0 saturated carbocycles. The highest BCUT2D eigenvalue weighted by Gasteiger charge is 2.03. The van der Waals surface area contributed by atoms with Crippen LogP contribution in [0.5, 0.6) is 0 Å². The maximum Gasteiger partial charge on any atom is 0.220 e. The quantitative estimate of drug-likeness (QED) is 0.864. The van der Waals surface area contributed by atoms with Gasteiger partial charge in [-0.25, -0.2) is 9.36 Å². The van der Waals surface area contributed by atoms with E-state index in [4.69, 9.17) is 0 Å². The van der Waals surface area contributed by atoms with Gasteiger partial charge in [0.15, 0.2) is 0 Å². The minimum absolute atomic E-state index is 0.0824. The zero-order chi connectivity index (χ0) is 12.8. The van der Waals surface area contributed by atoms with Gasteiger partial charge in [-0.1, -0.05) is 0 Å². The number of hydrogen-bond donors (Lipinski definition) is 1. The molecule has 18 heavy (non-hydrogen) atoms. The topological polar surface area (TPSA) is 59.8 Å². The monoisotopic (exact) mass is 264 g/mol. The summed E-state index contributed by atoms with van der Waals surface area (Å²) in [6, 6.07) is 0. The average molecular weight is 264 g/mol. The Hall–Kier alpha value is -1.69. The number of carbonyl (C=O) groups excluding carboxylic acids is 1. The molecule has 0 radical (unpaired) electrons. The number of rotatable bonds is 6. The summed E-state index contributed by atoms with van der Waals surface area (Å²) < 4.78 is 6.04. The molecule has 2 aromatic heterocycles. The lowest BCUT2D eigenvalue weighted by molar-refractivity contribution is -0.121. The molecule has 0 fully saturated rings. The van der Waals surface area contributed by atoms with Crippen molar-refractivity contribution in [3.8, 4) is 0 Å². The first kappa shape index (κ1) is 12.8. The molecule has 0 aliphatic rings. The van der Waals surface area contributed by atoms with Crippen LogP contribution in [-0.2, 0) is 17.9 Å². The van der Waals surface area contributed by atoms with Crippen LogP contribution in [0, 0.1) is 6.92 Å². The fraction of sp³-hybridized carbons (Fsp3) is 0.417. The van der Waals surface area contributed by atoms with Crippen molar-refractivity contribution in [2.24, 2.45) is 0 Å². The molecule has 0 bridgehead atoms. The van der Waals surface area contributed by atoms with Gasteiger partial charge in [0.2, 0.25) is 5.91 Å². The van der Waals surface area contributed by atoms with Gasteiger partial charge in [0.25, 0.3) is 0 Å². The number of hydrogen-bond acceptors (Lipinski definition) is 4. The lowest BCUT2D eigenvalue weighted by Crippen LogP contribution is -2.22. The predicted molar refractivity (Wildman–Crippen MR) is 70.2 cm³/mol. The molecule has 0 spiro atoms. The average Bonchev–Trinajstić information content (AvgIpc) is 2.99. The number of amides is 1. The SMILES string of the molecule is Cc1nccn1CCCC(=O)NCc1cnsc1. The van der Waals surface area contributed by atoms with Crippen molar-refractivity contribution < 1.29 is 4.79 Å². The van der Waals surface area contributed by atoms with Crippen LogP contribution in [0.3, 0.4) is 0 Å². The third kappa shape index (κ3) is 3.66. The molecule has 5 nitrogen and oxygen atoms in total. The zero-order valence-electron chi connectivity index (χ0n) is 10.3. The van der Waals surface area contributed by atoms with E-state index < -0.39 is 0 Å². The molecule has 1 amide bonds. The van der Waals surface area contributed by atoms with Gasteiger partial charge >= 0.3 is 0 Å². The summed E-state index contributed by atoms with van der Waals surface area (Å²) in [6.45, 7) is 3.36. The number of nitrogens with zero attached hydrogens (tertiary/aromatic N) is 3. The van der Waals surface area contributed by atoms with E-state index in [0.29, 0.717) is 13.0 Å². The molecular weight excluding hydrogens is 248 g/mol. The second kappa shape index (κ2) is 6.30. The van der Waals surface area contributed by atoms with Crippen LogP contribution in [0.1, 0.15) is 24.2 Å². The number of nitrogens with one attached hydrogen (secondary N) is 1. The van der Waals surface area contributed by atoms with E-state index in [2.05, 4.69) is 19.2 Å². The fourth-order valence-electron chi connectivity index (χ4n) is 1.65. The Kier molecular flexibility index (Phi) is 4.46. The molecule has 0 atom stereocenters. The predicted octanol–water partition coefficient (Wildman–Crippen LogP) is 1.74. The first-order valence-electron chi connectivity index (χ1n) is 5.88. The third-order valence-electron chi connectivity index (χ3n) is 2.70. The second-order valence-corrected chi connectivity index (χ2v) is 4.74. The van der Waals surface area contributed by atoms with Crippen LogP contribution in [0.15, 0.2) is 24.0 Å². The van der Waals surface area contributed by atoms with Crippen molar-refractivity contribution in [2.45, 2.75) is 32.9 Å². The molecule has 1 N–H and O–H groups in total. The van der Waals surface area contributed by atoms with Gasteiger partial charge in [-0.05, 0) is 24.9 Å². The largest absolute Gasteiger partial charge is 0.352 e. The summed E-state index contributed by atoms with van der Waals surface area (Å²) in [6.07, 6.45) is 6.85. The minimum Gasteiger partial charge on any atom is -0.352 e. The minimum atomic E-state index is 0.0824. The van der Waals surface area contributed by atoms with Crippen molar-refractivity contribution >= 4 is 17.4 Å². The Balaban J connectivity index is 1.65. The normalized spacial score (nSPS) is 10.5.